The number of hydrogen-bond donors (Lipinski definition) is 1. The van der Waals surface area contributed by atoms with Crippen LogP contribution in [0.5, 0.6) is 0 Å². The number of aromatic nitrogens is 1. The van der Waals surface area contributed by atoms with E-state index < -0.39 is 0 Å². The lowest BCUT2D eigenvalue weighted by atomic mass is 10.0. The van der Waals surface area contributed by atoms with Gasteiger partial charge in [0.05, 0.1) is 0 Å². The topological polar surface area (TPSA) is 24.9 Å². The molecule has 0 amide bonds. The van der Waals surface area contributed by atoms with Crippen molar-refractivity contribution in [2.24, 2.45) is 5.41 Å². The molecule has 0 saturated heterocycles. The lowest BCUT2D eigenvalue weighted by molar-refractivity contribution is 0.421. The predicted molar refractivity (Wildman–Crippen MR) is 80.0 cm³/mol. The number of rotatable bonds is 6. The van der Waals surface area contributed by atoms with Crippen LogP contribution in [0.4, 0.5) is 0 Å². The van der Waals surface area contributed by atoms with E-state index in [9.17, 15) is 0 Å². The Morgan fingerprint density at radius 1 is 1.21 bits per heavy atom. The summed E-state index contributed by atoms with van der Waals surface area (Å²) in [5, 5.41) is 6.14. The van der Waals surface area contributed by atoms with Crippen molar-refractivity contribution in [2.45, 2.75) is 39.2 Å². The van der Waals surface area contributed by atoms with Crippen molar-refractivity contribution in [3.05, 3.63) is 42.2 Å². The average molecular weight is 254 g/mol. The van der Waals surface area contributed by atoms with Gasteiger partial charge in [-0.25, -0.2) is 0 Å². The molecule has 0 aliphatic heterocycles. The van der Waals surface area contributed by atoms with Crippen molar-refractivity contribution in [3.8, 4) is 0 Å². The van der Waals surface area contributed by atoms with Crippen molar-refractivity contribution < 1.29 is 0 Å². The van der Waals surface area contributed by atoms with Crippen LogP contribution in [0.2, 0.25) is 0 Å². The number of pyridine rings is 1. The Labute approximate surface area is 115 Å². The van der Waals surface area contributed by atoms with Gasteiger partial charge in [-0.3, -0.25) is 4.98 Å². The molecule has 1 aliphatic rings. The highest BCUT2D eigenvalue weighted by atomic mass is 14.9. The average Bonchev–Trinajstić information content (AvgIpc) is 3.19. The first kappa shape index (κ1) is 12.6. The molecule has 0 radical (unpaired) electrons. The van der Waals surface area contributed by atoms with Gasteiger partial charge in [0.2, 0.25) is 0 Å². The number of hydrogen-bond acceptors (Lipinski definition) is 2. The molecular weight excluding hydrogens is 232 g/mol. The van der Waals surface area contributed by atoms with Crippen LogP contribution in [0.1, 0.15) is 38.2 Å². The molecule has 1 N–H and O–H groups in total. The van der Waals surface area contributed by atoms with Gasteiger partial charge in [-0.1, -0.05) is 25.5 Å². The second-order valence-corrected chi connectivity index (χ2v) is 5.91. The molecule has 0 spiro atoms. The maximum atomic E-state index is 4.15. The van der Waals surface area contributed by atoms with Crippen molar-refractivity contribution in [1.29, 1.82) is 0 Å². The summed E-state index contributed by atoms with van der Waals surface area (Å²) in [5.41, 5.74) is 2.00. The molecule has 1 aliphatic carbocycles. The first-order chi connectivity index (χ1) is 9.31. The summed E-state index contributed by atoms with van der Waals surface area (Å²) in [6.07, 6.45) is 9.30. The molecule has 1 fully saturated rings. The van der Waals surface area contributed by atoms with Gasteiger partial charge < -0.3 is 5.32 Å². The Morgan fingerprint density at radius 3 is 2.89 bits per heavy atom. The second kappa shape index (κ2) is 5.30. The Morgan fingerprint density at radius 2 is 2.11 bits per heavy atom. The van der Waals surface area contributed by atoms with Crippen LogP contribution in [0.15, 0.2) is 36.7 Å². The van der Waals surface area contributed by atoms with Gasteiger partial charge in [-0.2, -0.15) is 0 Å². The Kier molecular flexibility index (Phi) is 3.52. The van der Waals surface area contributed by atoms with E-state index in [1.165, 1.54) is 48.6 Å². The first-order valence-corrected chi connectivity index (χ1v) is 7.35. The van der Waals surface area contributed by atoms with Gasteiger partial charge in [0.25, 0.3) is 0 Å². The summed E-state index contributed by atoms with van der Waals surface area (Å²) in [7, 11) is 0. The highest BCUT2D eigenvalue weighted by molar-refractivity contribution is 5.81. The van der Waals surface area contributed by atoms with E-state index >= 15 is 0 Å². The van der Waals surface area contributed by atoms with Crippen LogP contribution >= 0.6 is 0 Å². The molecule has 0 atom stereocenters. The van der Waals surface area contributed by atoms with Crippen molar-refractivity contribution in [1.82, 2.24) is 10.3 Å². The zero-order valence-corrected chi connectivity index (χ0v) is 11.7. The summed E-state index contributed by atoms with van der Waals surface area (Å²) in [6, 6.07) is 8.72. The normalized spacial score (nSPS) is 16.7. The molecule has 2 aromatic rings. The fraction of sp³-hybridized carbons (Fsp3) is 0.471. The maximum absolute atomic E-state index is 4.15. The van der Waals surface area contributed by atoms with Crippen LogP contribution in [0, 0.1) is 5.41 Å². The third-order valence-corrected chi connectivity index (χ3v) is 4.27. The van der Waals surface area contributed by atoms with E-state index in [-0.39, 0.29) is 0 Å². The van der Waals surface area contributed by atoms with Gasteiger partial charge >= 0.3 is 0 Å². The lowest BCUT2D eigenvalue weighted by Gasteiger charge is -2.15. The van der Waals surface area contributed by atoms with Gasteiger partial charge in [-0.15, -0.1) is 0 Å². The van der Waals surface area contributed by atoms with Gasteiger partial charge in [0.15, 0.2) is 0 Å². The lowest BCUT2D eigenvalue weighted by Crippen LogP contribution is -2.23. The van der Waals surface area contributed by atoms with Crippen LogP contribution in [0.3, 0.4) is 0 Å². The Bertz CT molecular complexity index is 558. The van der Waals surface area contributed by atoms with Crippen molar-refractivity contribution in [3.63, 3.8) is 0 Å². The summed E-state index contributed by atoms with van der Waals surface area (Å²) in [5.74, 6) is 0. The fourth-order valence-electron chi connectivity index (χ4n) is 2.94. The molecule has 1 aromatic heterocycles. The van der Waals surface area contributed by atoms with E-state index in [0.717, 1.165) is 6.54 Å². The second-order valence-electron chi connectivity index (χ2n) is 5.91. The summed E-state index contributed by atoms with van der Waals surface area (Å²) in [4.78, 5) is 4.15. The van der Waals surface area contributed by atoms with Crippen molar-refractivity contribution >= 4 is 10.8 Å². The molecule has 2 nitrogen and oxygen atoms in total. The van der Waals surface area contributed by atoms with Crippen LogP contribution in [-0.2, 0) is 6.54 Å². The number of benzene rings is 1. The molecule has 19 heavy (non-hydrogen) atoms. The Hall–Kier alpha value is -1.41. The minimum Gasteiger partial charge on any atom is -0.312 e. The van der Waals surface area contributed by atoms with Crippen LogP contribution in [-0.4, -0.2) is 11.5 Å². The van der Waals surface area contributed by atoms with Gasteiger partial charge in [0, 0.05) is 30.9 Å². The molecule has 1 aromatic carbocycles. The minimum atomic E-state index is 0.634. The third-order valence-electron chi connectivity index (χ3n) is 4.27. The molecule has 0 bridgehead atoms. The highest BCUT2D eigenvalue weighted by Gasteiger charge is 2.40. The van der Waals surface area contributed by atoms with Gasteiger partial charge in [0.1, 0.15) is 0 Å². The van der Waals surface area contributed by atoms with E-state index in [4.69, 9.17) is 0 Å². The van der Waals surface area contributed by atoms with Crippen LogP contribution in [0.25, 0.3) is 10.8 Å². The minimum absolute atomic E-state index is 0.634. The van der Waals surface area contributed by atoms with E-state index in [1.807, 2.05) is 12.4 Å². The maximum Gasteiger partial charge on any atom is 0.0346 e. The quantitative estimate of drug-likeness (QED) is 0.845. The number of nitrogens with one attached hydrogen (secondary N) is 1. The standard InChI is InChI=1S/C17H22N2/c1-2-6-17(7-8-17)13-19-11-14-3-4-16-12-18-9-5-15(16)10-14/h3-5,9-10,12,19H,2,6-8,11,13H2,1H3. The summed E-state index contributed by atoms with van der Waals surface area (Å²) < 4.78 is 0. The summed E-state index contributed by atoms with van der Waals surface area (Å²) >= 11 is 0. The van der Waals surface area contributed by atoms with E-state index in [2.05, 4.69) is 41.5 Å². The first-order valence-electron chi connectivity index (χ1n) is 7.35. The predicted octanol–water partition coefficient (Wildman–Crippen LogP) is 3.90. The van der Waals surface area contributed by atoms with Crippen LogP contribution < -0.4 is 5.32 Å². The number of fused-ring (bicyclic) bond motifs is 1. The molecule has 2 heteroatoms. The Balaban J connectivity index is 1.59. The third kappa shape index (κ3) is 2.95. The molecule has 100 valence electrons. The van der Waals surface area contributed by atoms with Crippen molar-refractivity contribution in [2.75, 3.05) is 6.54 Å². The fourth-order valence-corrected chi connectivity index (χ4v) is 2.94. The molecule has 1 saturated carbocycles. The smallest absolute Gasteiger partial charge is 0.0346 e. The molecular formula is C17H22N2. The molecule has 3 rings (SSSR count). The number of nitrogens with zero attached hydrogens (tertiary/aromatic N) is 1. The summed E-state index contributed by atoms with van der Waals surface area (Å²) in [6.45, 7) is 4.44. The van der Waals surface area contributed by atoms with E-state index in [0.29, 0.717) is 5.41 Å². The molecule has 0 unspecified atom stereocenters. The SMILES string of the molecule is CCCC1(CNCc2ccc3cnccc3c2)CC1. The highest BCUT2D eigenvalue weighted by Crippen LogP contribution is 2.48. The zero-order chi connectivity index (χ0) is 13.1. The zero-order valence-electron chi connectivity index (χ0n) is 11.7. The van der Waals surface area contributed by atoms with E-state index in [1.54, 1.807) is 0 Å². The van der Waals surface area contributed by atoms with Gasteiger partial charge in [-0.05, 0) is 47.8 Å². The largest absolute Gasteiger partial charge is 0.312 e. The molecule has 1 heterocycles. The monoisotopic (exact) mass is 254 g/mol.